The van der Waals surface area contributed by atoms with E-state index in [1.165, 1.54) is 0 Å². The number of aromatic nitrogens is 1. The largest absolute Gasteiger partial charge is 0.478 e. The van der Waals surface area contributed by atoms with Crippen LogP contribution in [-0.2, 0) is 4.79 Å². The van der Waals surface area contributed by atoms with E-state index in [0.29, 0.717) is 65.7 Å². The number of halogens is 4. The van der Waals surface area contributed by atoms with E-state index >= 15 is 0 Å². The number of hydrogen-bond donors (Lipinski definition) is 2. The van der Waals surface area contributed by atoms with Gasteiger partial charge in [-0.05, 0) is 36.4 Å². The van der Waals surface area contributed by atoms with E-state index in [9.17, 15) is 19.5 Å². The van der Waals surface area contributed by atoms with E-state index < -0.39 is 5.97 Å². The van der Waals surface area contributed by atoms with Crippen molar-refractivity contribution in [3.63, 3.8) is 0 Å². The zero-order valence-electron chi connectivity index (χ0n) is 20.7. The smallest absolute Gasteiger partial charge is 0.336 e. The summed E-state index contributed by atoms with van der Waals surface area (Å²) in [5, 5.41) is 13.4. The highest BCUT2D eigenvalue weighted by Gasteiger charge is 2.23. The van der Waals surface area contributed by atoms with Crippen molar-refractivity contribution in [2.75, 3.05) is 57.0 Å². The number of nitrogens with one attached hydrogen (secondary N) is 1. The molecule has 0 atom stereocenters. The number of piperazine rings is 1. The molecule has 0 aliphatic carbocycles. The number of carbonyl (C=O) groups is 3. The Bertz CT molecular complexity index is 1300. The Hall–Kier alpha value is -2.82. The van der Waals surface area contributed by atoms with E-state index in [2.05, 4.69) is 15.2 Å². The van der Waals surface area contributed by atoms with Crippen molar-refractivity contribution in [3.8, 4) is 0 Å². The van der Waals surface area contributed by atoms with Crippen molar-refractivity contribution in [1.29, 1.82) is 0 Å². The molecule has 206 valence electrons. The Morgan fingerprint density at radius 3 is 2.24 bits per heavy atom. The summed E-state index contributed by atoms with van der Waals surface area (Å²) in [6, 6.07) is 13.2. The van der Waals surface area contributed by atoms with E-state index in [-0.39, 0.29) is 54.6 Å². The van der Waals surface area contributed by atoms with E-state index in [0.717, 1.165) is 0 Å². The van der Waals surface area contributed by atoms with Gasteiger partial charge in [-0.25, -0.2) is 9.78 Å². The highest BCUT2D eigenvalue weighted by Crippen LogP contribution is 2.27. The standard InChI is InChI=1S/C25H26ClN5O4.3ClH/c1-29(2)23(32)15-30-9-11-31(12-10-30)22-14-19(25(34)35)18-13-16(7-8-21(18)28-22)27-24(33)17-5-3-4-6-20(17)26;;;/h3-8,13-14H,9-12,15H2,1-2H3,(H,27,33)(H,34,35);3*1H. The van der Waals surface area contributed by atoms with Gasteiger partial charge in [0.15, 0.2) is 0 Å². The number of carboxylic acid groups (broad SMARTS) is 1. The first-order chi connectivity index (χ1) is 16.7. The number of pyridine rings is 1. The molecule has 2 amide bonds. The molecule has 1 aliphatic rings. The number of benzene rings is 2. The van der Waals surface area contributed by atoms with E-state index in [1.807, 2.05) is 4.90 Å². The van der Waals surface area contributed by atoms with Crippen LogP contribution in [-0.4, -0.2) is 84.5 Å². The van der Waals surface area contributed by atoms with Crippen LogP contribution in [0.15, 0.2) is 48.5 Å². The van der Waals surface area contributed by atoms with Gasteiger partial charge >= 0.3 is 5.97 Å². The second-order valence-electron chi connectivity index (χ2n) is 8.55. The second kappa shape index (κ2) is 14.4. The molecule has 3 aromatic rings. The number of amides is 2. The molecule has 13 heteroatoms. The minimum atomic E-state index is -1.08. The lowest BCUT2D eigenvalue weighted by atomic mass is 10.1. The molecule has 0 saturated carbocycles. The monoisotopic (exact) mass is 603 g/mol. The lowest BCUT2D eigenvalue weighted by Gasteiger charge is -2.35. The average Bonchev–Trinajstić information content (AvgIpc) is 2.84. The SMILES string of the molecule is CN(C)C(=O)CN1CCN(c2cc(C(=O)O)c3cc(NC(=O)c4ccccc4Cl)ccc3n2)CC1.Cl.Cl.Cl. The van der Waals surface area contributed by atoms with Crippen molar-refractivity contribution in [2.24, 2.45) is 0 Å². The average molecular weight is 605 g/mol. The van der Waals surface area contributed by atoms with Gasteiger partial charge in [-0.2, -0.15) is 0 Å². The number of aromatic carboxylic acids is 1. The Kier molecular flexibility index (Phi) is 12.6. The van der Waals surface area contributed by atoms with Crippen LogP contribution in [0.25, 0.3) is 10.9 Å². The van der Waals surface area contributed by atoms with Gasteiger partial charge in [0.25, 0.3) is 5.91 Å². The molecule has 1 fully saturated rings. The molecule has 1 aliphatic heterocycles. The molecule has 2 N–H and O–H groups in total. The van der Waals surface area contributed by atoms with Gasteiger partial charge in [0.2, 0.25) is 5.91 Å². The summed E-state index contributed by atoms with van der Waals surface area (Å²) < 4.78 is 0. The molecule has 38 heavy (non-hydrogen) atoms. The molecule has 1 aromatic heterocycles. The fourth-order valence-electron chi connectivity index (χ4n) is 3.94. The van der Waals surface area contributed by atoms with Crippen molar-refractivity contribution < 1.29 is 19.5 Å². The van der Waals surface area contributed by atoms with Gasteiger partial charge < -0.3 is 20.2 Å². The molecular formula is C25H29Cl4N5O4. The maximum atomic E-state index is 12.6. The van der Waals surface area contributed by atoms with Crippen molar-refractivity contribution in [2.45, 2.75) is 0 Å². The van der Waals surface area contributed by atoms with Crippen LogP contribution in [0.4, 0.5) is 11.5 Å². The summed E-state index contributed by atoms with van der Waals surface area (Å²) in [6.07, 6.45) is 0. The van der Waals surface area contributed by atoms with Crippen molar-refractivity contribution >= 4 is 89.0 Å². The number of nitrogens with zero attached hydrogens (tertiary/aromatic N) is 4. The first kappa shape index (κ1) is 33.2. The number of hydrogen-bond acceptors (Lipinski definition) is 6. The van der Waals surface area contributed by atoms with Crippen molar-refractivity contribution in [1.82, 2.24) is 14.8 Å². The van der Waals surface area contributed by atoms with Crippen LogP contribution in [0, 0.1) is 0 Å². The summed E-state index contributed by atoms with van der Waals surface area (Å²) in [7, 11) is 3.47. The molecular weight excluding hydrogens is 576 g/mol. The molecule has 4 rings (SSSR count). The summed E-state index contributed by atoms with van der Waals surface area (Å²) in [4.78, 5) is 47.0. The van der Waals surface area contributed by atoms with E-state index in [4.69, 9.17) is 11.6 Å². The maximum absolute atomic E-state index is 12.6. The van der Waals surface area contributed by atoms with Crippen LogP contribution >= 0.6 is 48.8 Å². The second-order valence-corrected chi connectivity index (χ2v) is 8.96. The van der Waals surface area contributed by atoms with Gasteiger partial charge in [0.05, 0.1) is 28.2 Å². The topological polar surface area (TPSA) is 106 Å². The zero-order chi connectivity index (χ0) is 25.1. The normalized spacial score (nSPS) is 13.0. The third-order valence-corrected chi connectivity index (χ3v) is 6.29. The van der Waals surface area contributed by atoms with Gasteiger partial charge in [0, 0.05) is 51.3 Å². The third kappa shape index (κ3) is 7.61. The van der Waals surface area contributed by atoms with Crippen molar-refractivity contribution in [3.05, 3.63) is 64.7 Å². The molecule has 2 heterocycles. The molecule has 1 saturated heterocycles. The van der Waals surface area contributed by atoms with Gasteiger partial charge in [0.1, 0.15) is 5.82 Å². The minimum Gasteiger partial charge on any atom is -0.478 e. The molecule has 0 bridgehead atoms. The van der Waals surface area contributed by atoms with Gasteiger partial charge in [-0.15, -0.1) is 37.2 Å². The van der Waals surface area contributed by atoms with Crippen LogP contribution in [0.2, 0.25) is 5.02 Å². The zero-order valence-corrected chi connectivity index (χ0v) is 23.9. The molecule has 2 aromatic carbocycles. The van der Waals surface area contributed by atoms with Gasteiger partial charge in [-0.1, -0.05) is 23.7 Å². The fraction of sp³-hybridized carbons (Fsp3) is 0.280. The number of carbonyl (C=O) groups excluding carboxylic acids is 2. The summed E-state index contributed by atoms with van der Waals surface area (Å²) in [6.45, 7) is 2.97. The van der Waals surface area contributed by atoms with Crippen LogP contribution in [0.3, 0.4) is 0 Å². The highest BCUT2D eigenvalue weighted by molar-refractivity contribution is 6.34. The lowest BCUT2D eigenvalue weighted by Crippen LogP contribution is -2.49. The summed E-state index contributed by atoms with van der Waals surface area (Å²) >= 11 is 6.11. The maximum Gasteiger partial charge on any atom is 0.336 e. The predicted molar refractivity (Wildman–Crippen MR) is 157 cm³/mol. The summed E-state index contributed by atoms with van der Waals surface area (Å²) in [5.41, 5.74) is 1.39. The molecule has 9 nitrogen and oxygen atoms in total. The molecule has 0 radical (unpaired) electrons. The van der Waals surface area contributed by atoms with Gasteiger partial charge in [-0.3, -0.25) is 14.5 Å². The quantitative estimate of drug-likeness (QED) is 0.432. The minimum absolute atomic E-state index is 0. The Morgan fingerprint density at radius 1 is 0.974 bits per heavy atom. The number of likely N-dealkylation sites (N-methyl/N-ethyl adjacent to an activating group) is 1. The fourth-order valence-corrected chi connectivity index (χ4v) is 4.16. The first-order valence-electron chi connectivity index (χ1n) is 11.1. The van der Waals surface area contributed by atoms with Crippen LogP contribution < -0.4 is 10.2 Å². The summed E-state index contributed by atoms with van der Waals surface area (Å²) in [5.74, 6) is -0.848. The Morgan fingerprint density at radius 2 is 1.63 bits per heavy atom. The van der Waals surface area contributed by atoms with E-state index in [1.54, 1.807) is 67.5 Å². The van der Waals surface area contributed by atoms with Crippen LogP contribution in [0.5, 0.6) is 0 Å². The third-order valence-electron chi connectivity index (χ3n) is 5.96. The molecule has 0 unspecified atom stereocenters. The number of rotatable bonds is 6. The Labute approximate surface area is 244 Å². The number of anilines is 2. The van der Waals surface area contributed by atoms with Crippen LogP contribution in [0.1, 0.15) is 20.7 Å². The number of fused-ring (bicyclic) bond motifs is 1. The Balaban J connectivity index is 0.00000241. The predicted octanol–water partition coefficient (Wildman–Crippen LogP) is 4.31. The first-order valence-corrected chi connectivity index (χ1v) is 11.5. The highest BCUT2D eigenvalue weighted by atomic mass is 35.5. The molecule has 0 spiro atoms. The number of carboxylic acids is 1. The lowest BCUT2D eigenvalue weighted by molar-refractivity contribution is -0.129.